The fraction of sp³-hybridized carbons (Fsp3) is 0.667. The molecule has 0 radical (unpaired) electrons. The Labute approximate surface area is 77.4 Å². The van der Waals surface area contributed by atoms with Crippen LogP contribution in [0.5, 0.6) is 0 Å². The van der Waals surface area contributed by atoms with Crippen LogP contribution in [0.3, 0.4) is 0 Å². The lowest BCUT2D eigenvalue weighted by molar-refractivity contribution is 0.419. The zero-order chi connectivity index (χ0) is 8.77. The van der Waals surface area contributed by atoms with Crippen molar-refractivity contribution in [1.29, 1.82) is 0 Å². The molecule has 0 saturated carbocycles. The summed E-state index contributed by atoms with van der Waals surface area (Å²) in [5.41, 5.74) is 2.91. The van der Waals surface area contributed by atoms with Gasteiger partial charge >= 0.3 is 0 Å². The van der Waals surface area contributed by atoms with Gasteiger partial charge < -0.3 is 9.97 Å². The second kappa shape index (κ2) is 2.46. The molecule has 0 atom stereocenters. The predicted octanol–water partition coefficient (Wildman–Crippen LogP) is 2.69. The minimum absolute atomic E-state index is 0.279. The summed E-state index contributed by atoms with van der Waals surface area (Å²) in [7, 11) is 0. The van der Waals surface area contributed by atoms with Crippen LogP contribution in [0, 0.1) is 4.77 Å². The van der Waals surface area contributed by atoms with Crippen molar-refractivity contribution in [1.82, 2.24) is 9.97 Å². The van der Waals surface area contributed by atoms with Gasteiger partial charge in [0.15, 0.2) is 4.77 Å². The summed E-state index contributed by atoms with van der Waals surface area (Å²) in [4.78, 5) is 6.46. The Hall–Kier alpha value is -0.570. The summed E-state index contributed by atoms with van der Waals surface area (Å²) in [6.45, 7) is 4.54. The molecule has 0 fully saturated rings. The van der Waals surface area contributed by atoms with Crippen LogP contribution in [-0.4, -0.2) is 9.97 Å². The Bertz CT molecular complexity index is 346. The van der Waals surface area contributed by atoms with Crippen LogP contribution in [0.4, 0.5) is 0 Å². The van der Waals surface area contributed by atoms with Crippen LogP contribution in [0.2, 0.25) is 0 Å². The molecule has 0 bridgehead atoms. The standard InChI is InChI=1S/C9H14N2S/c1-9(2)5-3-4-6-7(9)11-8(12)10-6/h3-5H2,1-2H3,(H2,10,11,12). The van der Waals surface area contributed by atoms with Crippen LogP contribution < -0.4 is 0 Å². The number of aromatic nitrogens is 2. The van der Waals surface area contributed by atoms with E-state index in [1.54, 1.807) is 0 Å². The first kappa shape index (κ1) is 8.05. The lowest BCUT2D eigenvalue weighted by atomic mass is 9.78. The number of nitrogens with one attached hydrogen (secondary N) is 2. The smallest absolute Gasteiger partial charge is 0.174 e. The third kappa shape index (κ3) is 1.12. The molecule has 12 heavy (non-hydrogen) atoms. The fourth-order valence-corrected chi connectivity index (χ4v) is 2.24. The predicted molar refractivity (Wildman–Crippen MR) is 51.9 cm³/mol. The van der Waals surface area contributed by atoms with Crippen molar-refractivity contribution in [3.63, 3.8) is 0 Å². The molecule has 0 aromatic carbocycles. The van der Waals surface area contributed by atoms with E-state index in [4.69, 9.17) is 12.2 Å². The maximum absolute atomic E-state index is 5.07. The first-order valence-electron chi connectivity index (χ1n) is 4.41. The highest BCUT2D eigenvalue weighted by atomic mass is 32.1. The van der Waals surface area contributed by atoms with Gasteiger partial charge in [0.2, 0.25) is 0 Å². The second-order valence-electron chi connectivity index (χ2n) is 4.17. The lowest BCUT2D eigenvalue weighted by Crippen LogP contribution is -2.23. The van der Waals surface area contributed by atoms with E-state index in [9.17, 15) is 0 Å². The molecule has 0 aliphatic heterocycles. The molecule has 2 N–H and O–H groups in total. The largest absolute Gasteiger partial charge is 0.334 e. The highest BCUT2D eigenvalue weighted by Gasteiger charge is 2.28. The first-order valence-corrected chi connectivity index (χ1v) is 4.82. The molecule has 0 saturated heterocycles. The molecule has 1 aliphatic carbocycles. The Morgan fingerprint density at radius 3 is 2.75 bits per heavy atom. The molecule has 2 rings (SSSR count). The van der Waals surface area contributed by atoms with Gasteiger partial charge in [0, 0.05) is 16.8 Å². The van der Waals surface area contributed by atoms with Crippen molar-refractivity contribution in [2.45, 2.75) is 38.5 Å². The SMILES string of the molecule is CC1(C)CCCc2[nH]c(=S)[nH]c21. The van der Waals surface area contributed by atoms with Crippen LogP contribution >= 0.6 is 12.2 Å². The number of rotatable bonds is 0. The average Bonchev–Trinajstić information content (AvgIpc) is 2.30. The summed E-state index contributed by atoms with van der Waals surface area (Å²) < 4.78 is 0.773. The van der Waals surface area contributed by atoms with E-state index >= 15 is 0 Å². The Balaban J connectivity index is 2.58. The summed E-state index contributed by atoms with van der Waals surface area (Å²) in [5, 5.41) is 0. The second-order valence-corrected chi connectivity index (χ2v) is 4.58. The quantitative estimate of drug-likeness (QED) is 0.594. The molecule has 66 valence electrons. The van der Waals surface area contributed by atoms with Crippen molar-refractivity contribution in [2.75, 3.05) is 0 Å². The number of fused-ring (bicyclic) bond motifs is 1. The van der Waals surface area contributed by atoms with Gasteiger partial charge in [0.25, 0.3) is 0 Å². The van der Waals surface area contributed by atoms with Gasteiger partial charge in [-0.25, -0.2) is 0 Å². The molecule has 1 aromatic heterocycles. The van der Waals surface area contributed by atoms with Gasteiger partial charge in [-0.1, -0.05) is 13.8 Å². The summed E-state index contributed by atoms with van der Waals surface area (Å²) >= 11 is 5.07. The molecule has 0 amide bonds. The number of aryl methyl sites for hydroxylation is 1. The summed E-state index contributed by atoms with van der Waals surface area (Å²) in [5.74, 6) is 0. The molecule has 1 heterocycles. The Kier molecular flexibility index (Phi) is 1.65. The number of hydrogen-bond donors (Lipinski definition) is 2. The van der Waals surface area contributed by atoms with Crippen LogP contribution in [0.15, 0.2) is 0 Å². The molecular weight excluding hydrogens is 168 g/mol. The number of H-pyrrole nitrogens is 2. The van der Waals surface area contributed by atoms with Crippen molar-refractivity contribution < 1.29 is 0 Å². The lowest BCUT2D eigenvalue weighted by Gasteiger charge is -2.28. The van der Waals surface area contributed by atoms with Gasteiger partial charge in [-0.15, -0.1) is 0 Å². The third-order valence-electron chi connectivity index (χ3n) is 2.71. The Morgan fingerprint density at radius 2 is 2.08 bits per heavy atom. The van der Waals surface area contributed by atoms with Crippen molar-refractivity contribution in [2.24, 2.45) is 0 Å². The van der Waals surface area contributed by atoms with Gasteiger partial charge in [0.1, 0.15) is 0 Å². The van der Waals surface area contributed by atoms with Crippen molar-refractivity contribution >= 4 is 12.2 Å². The van der Waals surface area contributed by atoms with E-state index in [0.717, 1.165) is 11.2 Å². The Morgan fingerprint density at radius 1 is 1.33 bits per heavy atom. The van der Waals surface area contributed by atoms with Gasteiger partial charge in [-0.2, -0.15) is 0 Å². The molecular formula is C9H14N2S. The number of hydrogen-bond acceptors (Lipinski definition) is 1. The van der Waals surface area contributed by atoms with Crippen LogP contribution in [0.25, 0.3) is 0 Å². The monoisotopic (exact) mass is 182 g/mol. The van der Waals surface area contributed by atoms with E-state index < -0.39 is 0 Å². The minimum Gasteiger partial charge on any atom is -0.334 e. The van der Waals surface area contributed by atoms with Crippen molar-refractivity contribution in [3.05, 3.63) is 16.2 Å². The van der Waals surface area contributed by atoms with Gasteiger partial charge in [-0.05, 0) is 31.5 Å². The fourth-order valence-electron chi connectivity index (χ4n) is 2.02. The molecule has 0 spiro atoms. The van der Waals surface area contributed by atoms with Crippen molar-refractivity contribution in [3.8, 4) is 0 Å². The van der Waals surface area contributed by atoms with E-state index in [2.05, 4.69) is 23.8 Å². The van der Waals surface area contributed by atoms with E-state index in [-0.39, 0.29) is 5.41 Å². The maximum atomic E-state index is 5.07. The van der Waals surface area contributed by atoms with Gasteiger partial charge in [-0.3, -0.25) is 0 Å². The molecule has 1 aliphatic rings. The summed E-state index contributed by atoms with van der Waals surface area (Å²) in [6, 6.07) is 0. The van der Waals surface area contributed by atoms with E-state index in [1.165, 1.54) is 24.2 Å². The normalized spacial score (nSPS) is 20.5. The number of aromatic amines is 2. The summed E-state index contributed by atoms with van der Waals surface area (Å²) in [6.07, 6.45) is 3.66. The number of imidazole rings is 1. The highest BCUT2D eigenvalue weighted by molar-refractivity contribution is 7.71. The molecule has 0 unspecified atom stereocenters. The first-order chi connectivity index (χ1) is 5.59. The van der Waals surface area contributed by atoms with E-state index in [0.29, 0.717) is 0 Å². The highest BCUT2D eigenvalue weighted by Crippen LogP contribution is 2.34. The molecule has 2 nitrogen and oxygen atoms in total. The zero-order valence-electron chi connectivity index (χ0n) is 7.53. The minimum atomic E-state index is 0.279. The van der Waals surface area contributed by atoms with Crippen LogP contribution in [-0.2, 0) is 11.8 Å². The topological polar surface area (TPSA) is 31.6 Å². The maximum Gasteiger partial charge on any atom is 0.174 e. The third-order valence-corrected chi connectivity index (χ3v) is 2.91. The average molecular weight is 182 g/mol. The zero-order valence-corrected chi connectivity index (χ0v) is 8.35. The van der Waals surface area contributed by atoms with Gasteiger partial charge in [0.05, 0.1) is 0 Å². The van der Waals surface area contributed by atoms with Crippen LogP contribution in [0.1, 0.15) is 38.1 Å². The molecule has 3 heteroatoms. The van der Waals surface area contributed by atoms with E-state index in [1.807, 2.05) is 0 Å². The molecule has 1 aromatic rings.